The molecular weight excluding hydrogens is 345 g/mol. The van der Waals surface area contributed by atoms with Crippen LogP contribution in [0.5, 0.6) is 5.75 Å². The van der Waals surface area contributed by atoms with Crippen LogP contribution in [0.1, 0.15) is 11.4 Å². The number of para-hydroxylation sites is 1. The van der Waals surface area contributed by atoms with Gasteiger partial charge in [-0.1, -0.05) is 30.3 Å². The topological polar surface area (TPSA) is 39.1 Å². The Labute approximate surface area is 154 Å². The monoisotopic (exact) mass is 365 g/mol. The van der Waals surface area contributed by atoms with Crippen LogP contribution < -0.4 is 10.1 Å². The second-order valence-electron chi connectivity index (χ2n) is 5.04. The summed E-state index contributed by atoms with van der Waals surface area (Å²) in [6.45, 7) is 1.50. The van der Waals surface area contributed by atoms with Crippen molar-refractivity contribution in [1.82, 2.24) is 9.55 Å². The maximum absolute atomic E-state index is 5.19. The molecule has 3 rings (SSSR count). The van der Waals surface area contributed by atoms with Crippen LogP contribution in [0.3, 0.4) is 0 Å². The summed E-state index contributed by atoms with van der Waals surface area (Å²) in [6, 6.07) is 18.3. The average molecular weight is 366 g/mol. The SMILES string of the molecule is COc1ccc(Cn2ccnc2CNc2ccccc2)cc1.Cl.Cl. The van der Waals surface area contributed by atoms with Gasteiger partial charge < -0.3 is 14.6 Å². The summed E-state index contributed by atoms with van der Waals surface area (Å²) in [7, 11) is 1.68. The molecule has 0 saturated carbocycles. The van der Waals surface area contributed by atoms with Gasteiger partial charge in [0.05, 0.1) is 13.7 Å². The number of halogens is 2. The number of imidazole rings is 1. The molecule has 2 aromatic carbocycles. The number of nitrogens with one attached hydrogen (secondary N) is 1. The fourth-order valence-corrected chi connectivity index (χ4v) is 2.32. The fourth-order valence-electron chi connectivity index (χ4n) is 2.32. The van der Waals surface area contributed by atoms with E-state index in [4.69, 9.17) is 4.74 Å². The van der Waals surface area contributed by atoms with E-state index in [9.17, 15) is 0 Å². The van der Waals surface area contributed by atoms with Crippen LogP contribution >= 0.6 is 24.8 Å². The molecule has 0 aliphatic rings. The Morgan fingerprint density at radius 1 is 1.00 bits per heavy atom. The molecule has 1 heterocycles. The van der Waals surface area contributed by atoms with Crippen molar-refractivity contribution in [3.05, 3.63) is 78.4 Å². The number of hydrogen-bond acceptors (Lipinski definition) is 3. The first-order valence-corrected chi connectivity index (χ1v) is 7.27. The molecular formula is C18H21Cl2N3O. The number of nitrogens with zero attached hydrogens (tertiary/aromatic N) is 2. The number of ether oxygens (including phenoxy) is 1. The number of hydrogen-bond donors (Lipinski definition) is 1. The van der Waals surface area contributed by atoms with Crippen molar-refractivity contribution in [1.29, 1.82) is 0 Å². The van der Waals surface area contributed by atoms with Gasteiger partial charge in [-0.15, -0.1) is 24.8 Å². The van der Waals surface area contributed by atoms with E-state index in [2.05, 4.69) is 39.1 Å². The van der Waals surface area contributed by atoms with Crippen LogP contribution in [0.2, 0.25) is 0 Å². The molecule has 0 fully saturated rings. The quantitative estimate of drug-likeness (QED) is 0.703. The summed E-state index contributed by atoms with van der Waals surface area (Å²) in [4.78, 5) is 4.44. The normalized spacial score (nSPS) is 9.54. The summed E-state index contributed by atoms with van der Waals surface area (Å²) in [6.07, 6.45) is 3.85. The second-order valence-corrected chi connectivity index (χ2v) is 5.04. The van der Waals surface area contributed by atoms with Crippen molar-refractivity contribution in [2.24, 2.45) is 0 Å². The van der Waals surface area contributed by atoms with Crippen molar-refractivity contribution in [2.45, 2.75) is 13.1 Å². The minimum absolute atomic E-state index is 0. The smallest absolute Gasteiger partial charge is 0.128 e. The van der Waals surface area contributed by atoms with Crippen molar-refractivity contribution >= 4 is 30.5 Å². The van der Waals surface area contributed by atoms with E-state index >= 15 is 0 Å². The van der Waals surface area contributed by atoms with E-state index in [1.165, 1.54) is 5.56 Å². The molecule has 4 nitrogen and oxygen atoms in total. The van der Waals surface area contributed by atoms with Crippen molar-refractivity contribution < 1.29 is 4.74 Å². The predicted octanol–water partition coefficient (Wildman–Crippen LogP) is 4.40. The number of methoxy groups -OCH3 is 1. The molecule has 0 amide bonds. The highest BCUT2D eigenvalue weighted by Gasteiger charge is 2.04. The standard InChI is InChI=1S/C18H19N3O.2ClH/c1-22-17-9-7-15(8-10-17)14-21-12-11-19-18(21)13-20-16-5-3-2-4-6-16;;/h2-12,20H,13-14H2,1H3;2*1H. The zero-order valence-corrected chi connectivity index (χ0v) is 15.0. The third-order valence-corrected chi connectivity index (χ3v) is 3.54. The molecule has 0 aliphatic carbocycles. The largest absolute Gasteiger partial charge is 0.497 e. The molecule has 3 aromatic rings. The Hall–Kier alpha value is -2.17. The zero-order valence-electron chi connectivity index (χ0n) is 13.4. The average Bonchev–Trinajstić information content (AvgIpc) is 3.02. The second kappa shape index (κ2) is 9.85. The highest BCUT2D eigenvalue weighted by molar-refractivity contribution is 5.85. The summed E-state index contributed by atoms with van der Waals surface area (Å²) in [5.74, 6) is 1.89. The van der Waals surface area contributed by atoms with Gasteiger partial charge in [0, 0.05) is 24.6 Å². The Morgan fingerprint density at radius 3 is 2.38 bits per heavy atom. The van der Waals surface area contributed by atoms with Crippen LogP contribution in [-0.4, -0.2) is 16.7 Å². The molecule has 0 unspecified atom stereocenters. The van der Waals surface area contributed by atoms with Gasteiger partial charge in [-0.25, -0.2) is 4.98 Å². The Morgan fingerprint density at radius 2 is 1.71 bits per heavy atom. The first kappa shape index (κ1) is 19.9. The van der Waals surface area contributed by atoms with Crippen molar-refractivity contribution in [3.8, 4) is 5.75 Å². The summed E-state index contributed by atoms with van der Waals surface area (Å²) in [5.41, 5.74) is 2.32. The van der Waals surface area contributed by atoms with Crippen LogP contribution in [-0.2, 0) is 13.1 Å². The highest BCUT2D eigenvalue weighted by atomic mass is 35.5. The van der Waals surface area contributed by atoms with Crippen LogP contribution in [0.15, 0.2) is 67.0 Å². The van der Waals surface area contributed by atoms with E-state index in [0.29, 0.717) is 6.54 Å². The molecule has 0 bridgehead atoms. The van der Waals surface area contributed by atoms with Crippen LogP contribution in [0.25, 0.3) is 0 Å². The molecule has 24 heavy (non-hydrogen) atoms. The first-order valence-electron chi connectivity index (χ1n) is 7.27. The number of aromatic nitrogens is 2. The molecule has 0 saturated heterocycles. The molecule has 128 valence electrons. The van der Waals surface area contributed by atoms with Gasteiger partial charge >= 0.3 is 0 Å². The highest BCUT2D eigenvalue weighted by Crippen LogP contribution is 2.14. The number of anilines is 1. The van der Waals surface area contributed by atoms with E-state index in [0.717, 1.165) is 23.8 Å². The lowest BCUT2D eigenvalue weighted by molar-refractivity contribution is 0.414. The number of rotatable bonds is 6. The Bertz CT molecular complexity index is 715. The molecule has 1 N–H and O–H groups in total. The lowest BCUT2D eigenvalue weighted by Gasteiger charge is -2.10. The third kappa shape index (κ3) is 5.18. The van der Waals surface area contributed by atoms with Gasteiger partial charge in [-0.3, -0.25) is 0 Å². The minimum Gasteiger partial charge on any atom is -0.497 e. The molecule has 0 atom stereocenters. The van der Waals surface area contributed by atoms with Gasteiger partial charge in [-0.2, -0.15) is 0 Å². The summed E-state index contributed by atoms with van der Waals surface area (Å²) >= 11 is 0. The Kier molecular flexibility index (Phi) is 8.16. The third-order valence-electron chi connectivity index (χ3n) is 3.54. The molecule has 0 aliphatic heterocycles. The molecule has 0 radical (unpaired) electrons. The molecule has 0 spiro atoms. The maximum atomic E-state index is 5.19. The Balaban J connectivity index is 0.00000144. The molecule has 1 aromatic heterocycles. The lowest BCUT2D eigenvalue weighted by Crippen LogP contribution is -2.09. The van der Waals surface area contributed by atoms with Crippen molar-refractivity contribution in [2.75, 3.05) is 12.4 Å². The van der Waals surface area contributed by atoms with E-state index < -0.39 is 0 Å². The maximum Gasteiger partial charge on any atom is 0.128 e. The van der Waals surface area contributed by atoms with Gasteiger partial charge in [0.15, 0.2) is 0 Å². The van der Waals surface area contributed by atoms with E-state index in [1.54, 1.807) is 7.11 Å². The van der Waals surface area contributed by atoms with Gasteiger partial charge in [0.25, 0.3) is 0 Å². The van der Waals surface area contributed by atoms with Gasteiger partial charge in [-0.05, 0) is 29.8 Å². The predicted molar refractivity (Wildman–Crippen MR) is 103 cm³/mol. The minimum atomic E-state index is 0. The van der Waals surface area contributed by atoms with E-state index in [1.807, 2.05) is 42.7 Å². The van der Waals surface area contributed by atoms with Crippen molar-refractivity contribution in [3.63, 3.8) is 0 Å². The van der Waals surface area contributed by atoms with E-state index in [-0.39, 0.29) is 24.8 Å². The summed E-state index contributed by atoms with van der Waals surface area (Å²) < 4.78 is 7.34. The summed E-state index contributed by atoms with van der Waals surface area (Å²) in [5, 5.41) is 3.39. The molecule has 6 heteroatoms. The first-order chi connectivity index (χ1) is 10.8. The van der Waals surface area contributed by atoms with Gasteiger partial charge in [0.2, 0.25) is 0 Å². The fraction of sp³-hybridized carbons (Fsp3) is 0.167. The lowest BCUT2D eigenvalue weighted by atomic mass is 10.2. The van der Waals surface area contributed by atoms with Crippen LogP contribution in [0, 0.1) is 0 Å². The number of benzene rings is 2. The zero-order chi connectivity index (χ0) is 15.2. The van der Waals surface area contributed by atoms with Gasteiger partial charge in [0.1, 0.15) is 11.6 Å². The van der Waals surface area contributed by atoms with Crippen LogP contribution in [0.4, 0.5) is 5.69 Å².